The quantitative estimate of drug-likeness (QED) is 0.623. The zero-order valence-corrected chi connectivity index (χ0v) is 11.3. The van der Waals surface area contributed by atoms with Gasteiger partial charge >= 0.3 is 0 Å². The van der Waals surface area contributed by atoms with Gasteiger partial charge in [0.2, 0.25) is 5.82 Å². The third kappa shape index (κ3) is 2.24. The van der Waals surface area contributed by atoms with E-state index in [1.165, 1.54) is 0 Å². The minimum Gasteiger partial charge on any atom is -0.332 e. The number of hydrogen-bond donors (Lipinski definition) is 1. The molecule has 0 bridgehead atoms. The Morgan fingerprint density at radius 1 is 1.00 bits per heavy atom. The molecule has 7 heteroatoms. The lowest BCUT2D eigenvalue weighted by atomic mass is 10.1. The molecule has 0 aliphatic rings. The summed E-state index contributed by atoms with van der Waals surface area (Å²) < 4.78 is 5.25. The largest absolute Gasteiger partial charge is 0.332 e. The summed E-state index contributed by atoms with van der Waals surface area (Å²) in [7, 11) is 0. The van der Waals surface area contributed by atoms with Crippen molar-refractivity contribution in [2.75, 3.05) is 0 Å². The summed E-state index contributed by atoms with van der Waals surface area (Å²) in [5.41, 5.74) is 3.33. The van der Waals surface area contributed by atoms with Crippen LogP contribution in [-0.2, 0) is 0 Å². The Morgan fingerprint density at radius 2 is 1.95 bits per heavy atom. The smallest absolute Gasteiger partial charge is 0.278 e. The summed E-state index contributed by atoms with van der Waals surface area (Å²) in [5, 5.41) is 10.9. The third-order valence-corrected chi connectivity index (χ3v) is 3.14. The minimum absolute atomic E-state index is 0.343. The molecule has 0 amide bonds. The lowest BCUT2D eigenvalue weighted by Gasteiger charge is -1.99. The highest BCUT2D eigenvalue weighted by Crippen LogP contribution is 2.24. The molecule has 0 atom stereocenters. The lowest BCUT2D eigenvalue weighted by Crippen LogP contribution is -1.85. The van der Waals surface area contributed by atoms with Crippen molar-refractivity contribution < 1.29 is 4.52 Å². The molecule has 22 heavy (non-hydrogen) atoms. The molecule has 1 N–H and O–H groups in total. The first-order valence-electron chi connectivity index (χ1n) is 6.60. The van der Waals surface area contributed by atoms with Crippen LogP contribution in [0.3, 0.4) is 0 Å². The number of benzene rings is 1. The van der Waals surface area contributed by atoms with E-state index in [2.05, 4.69) is 30.3 Å². The Hall–Kier alpha value is -3.35. The Bertz CT molecular complexity index is 885. The van der Waals surface area contributed by atoms with Gasteiger partial charge in [-0.15, -0.1) is 0 Å². The number of aromatic nitrogens is 6. The van der Waals surface area contributed by atoms with E-state index in [9.17, 15) is 0 Å². The van der Waals surface area contributed by atoms with Gasteiger partial charge in [0.15, 0.2) is 0 Å². The van der Waals surface area contributed by atoms with E-state index >= 15 is 0 Å². The van der Waals surface area contributed by atoms with Crippen molar-refractivity contribution in [1.29, 1.82) is 0 Å². The van der Waals surface area contributed by atoms with E-state index < -0.39 is 0 Å². The summed E-state index contributed by atoms with van der Waals surface area (Å²) in [6.07, 6.45) is 6.47. The van der Waals surface area contributed by atoms with Crippen molar-refractivity contribution in [3.8, 4) is 34.2 Å². The monoisotopic (exact) mass is 290 g/mol. The maximum absolute atomic E-state index is 5.25. The highest BCUT2D eigenvalue weighted by Gasteiger charge is 2.12. The maximum Gasteiger partial charge on any atom is 0.278 e. The van der Waals surface area contributed by atoms with Crippen LogP contribution in [0.4, 0.5) is 0 Å². The molecule has 0 unspecified atom stereocenters. The molecule has 1 aromatic carbocycles. The van der Waals surface area contributed by atoms with E-state index in [-0.39, 0.29) is 0 Å². The fourth-order valence-corrected chi connectivity index (χ4v) is 2.10. The van der Waals surface area contributed by atoms with Crippen molar-refractivity contribution in [2.24, 2.45) is 0 Å². The van der Waals surface area contributed by atoms with Gasteiger partial charge in [-0.2, -0.15) is 10.1 Å². The van der Waals surface area contributed by atoms with Gasteiger partial charge in [-0.25, -0.2) is 4.98 Å². The molecular weight excluding hydrogens is 280 g/mol. The van der Waals surface area contributed by atoms with Crippen LogP contribution in [0.15, 0.2) is 59.6 Å². The van der Waals surface area contributed by atoms with Crippen LogP contribution in [-0.4, -0.2) is 30.3 Å². The predicted molar refractivity (Wildman–Crippen MR) is 78.3 cm³/mol. The predicted octanol–water partition coefficient (Wildman–Crippen LogP) is 2.58. The summed E-state index contributed by atoms with van der Waals surface area (Å²) >= 11 is 0. The lowest BCUT2D eigenvalue weighted by molar-refractivity contribution is 0.431. The Balaban J connectivity index is 1.71. The first-order chi connectivity index (χ1) is 10.9. The molecule has 3 aromatic heterocycles. The highest BCUT2D eigenvalue weighted by molar-refractivity contribution is 5.68. The number of nitrogens with zero attached hydrogens (tertiary/aromatic N) is 5. The second kappa shape index (κ2) is 5.21. The van der Waals surface area contributed by atoms with Crippen LogP contribution < -0.4 is 0 Å². The molecule has 0 aliphatic carbocycles. The summed E-state index contributed by atoms with van der Waals surface area (Å²) in [6.45, 7) is 0. The third-order valence-electron chi connectivity index (χ3n) is 3.14. The Morgan fingerprint density at radius 3 is 2.77 bits per heavy atom. The summed E-state index contributed by atoms with van der Waals surface area (Å²) in [4.78, 5) is 12.5. The molecular formula is C15H10N6O. The summed E-state index contributed by atoms with van der Waals surface area (Å²) in [6, 6.07) is 9.72. The van der Waals surface area contributed by atoms with E-state index in [0.29, 0.717) is 17.4 Å². The normalized spacial score (nSPS) is 10.7. The molecule has 106 valence electrons. The van der Waals surface area contributed by atoms with Crippen molar-refractivity contribution in [3.05, 3.63) is 55.1 Å². The van der Waals surface area contributed by atoms with Crippen LogP contribution >= 0.6 is 0 Å². The summed E-state index contributed by atoms with van der Waals surface area (Å²) in [5.74, 6) is 0.845. The number of rotatable bonds is 3. The van der Waals surface area contributed by atoms with Gasteiger partial charge in [-0.05, 0) is 12.1 Å². The molecule has 3 heterocycles. The molecule has 0 aliphatic heterocycles. The number of hydrogen-bond acceptors (Lipinski definition) is 6. The fraction of sp³-hybridized carbons (Fsp3) is 0. The molecule has 0 fully saturated rings. The Labute approximate surface area is 125 Å². The van der Waals surface area contributed by atoms with Gasteiger partial charge in [0.25, 0.3) is 5.89 Å². The van der Waals surface area contributed by atoms with Gasteiger partial charge < -0.3 is 4.52 Å². The van der Waals surface area contributed by atoms with Gasteiger partial charge in [0.1, 0.15) is 5.69 Å². The molecule has 7 nitrogen and oxygen atoms in total. The van der Waals surface area contributed by atoms with Crippen LogP contribution in [0.1, 0.15) is 0 Å². The van der Waals surface area contributed by atoms with Gasteiger partial charge in [0, 0.05) is 29.7 Å². The standard InChI is InChI=1S/C15H10N6O/c1-2-10(12-4-5-18-20-12)8-11(3-1)14-19-15(22-21-14)13-9-16-6-7-17-13/h1-9H,(H,18,20). The zero-order chi connectivity index (χ0) is 14.8. The SMILES string of the molecule is c1cc(-c2noc(-c3cnccn3)n2)cc(-c2ccn[nH]2)c1. The molecule has 0 spiro atoms. The highest BCUT2D eigenvalue weighted by atomic mass is 16.5. The van der Waals surface area contributed by atoms with Gasteiger partial charge in [0.05, 0.1) is 11.9 Å². The number of aromatic amines is 1. The topological polar surface area (TPSA) is 93.4 Å². The van der Waals surface area contributed by atoms with E-state index in [1.54, 1.807) is 24.8 Å². The first kappa shape index (κ1) is 12.4. The maximum atomic E-state index is 5.25. The fourth-order valence-electron chi connectivity index (χ4n) is 2.10. The van der Waals surface area contributed by atoms with Crippen molar-refractivity contribution >= 4 is 0 Å². The second-order valence-electron chi connectivity index (χ2n) is 4.56. The number of nitrogens with one attached hydrogen (secondary N) is 1. The molecule has 4 rings (SSSR count). The van der Waals surface area contributed by atoms with E-state index in [4.69, 9.17) is 4.52 Å². The van der Waals surface area contributed by atoms with Crippen LogP contribution in [0, 0.1) is 0 Å². The second-order valence-corrected chi connectivity index (χ2v) is 4.56. The van der Waals surface area contributed by atoms with Gasteiger partial charge in [-0.1, -0.05) is 23.4 Å². The average Bonchev–Trinajstić information content (AvgIpc) is 3.28. The van der Waals surface area contributed by atoms with Gasteiger partial charge in [-0.3, -0.25) is 10.1 Å². The average molecular weight is 290 g/mol. The molecule has 4 aromatic rings. The van der Waals surface area contributed by atoms with Crippen molar-refractivity contribution in [1.82, 2.24) is 30.3 Å². The van der Waals surface area contributed by atoms with Crippen LogP contribution in [0.25, 0.3) is 34.2 Å². The van der Waals surface area contributed by atoms with Crippen LogP contribution in [0.2, 0.25) is 0 Å². The van der Waals surface area contributed by atoms with Crippen molar-refractivity contribution in [3.63, 3.8) is 0 Å². The van der Waals surface area contributed by atoms with E-state index in [0.717, 1.165) is 16.8 Å². The van der Waals surface area contributed by atoms with E-state index in [1.807, 2.05) is 30.3 Å². The van der Waals surface area contributed by atoms with Crippen molar-refractivity contribution in [2.45, 2.75) is 0 Å². The molecule has 0 saturated heterocycles. The number of H-pyrrole nitrogens is 1. The molecule has 0 saturated carbocycles. The zero-order valence-electron chi connectivity index (χ0n) is 11.3. The Kier molecular flexibility index (Phi) is 2.93. The molecule has 0 radical (unpaired) electrons. The first-order valence-corrected chi connectivity index (χ1v) is 6.60. The van der Waals surface area contributed by atoms with Crippen LogP contribution in [0.5, 0.6) is 0 Å². The minimum atomic E-state index is 0.343.